The predicted octanol–water partition coefficient (Wildman–Crippen LogP) is 6.26. The number of carbonyl (C=O) groups is 2. The third kappa shape index (κ3) is 6.98. The second-order valence-corrected chi connectivity index (χ2v) is 7.80. The van der Waals surface area contributed by atoms with E-state index in [1.807, 2.05) is 0 Å². The zero-order valence-corrected chi connectivity index (χ0v) is 18.6. The van der Waals surface area contributed by atoms with E-state index in [0.717, 1.165) is 12.1 Å². The van der Waals surface area contributed by atoms with Crippen LogP contribution in [0.15, 0.2) is 57.9 Å². The van der Waals surface area contributed by atoms with Crippen LogP contribution in [-0.4, -0.2) is 18.0 Å². The number of rotatable bonds is 5. The first kappa shape index (κ1) is 24.6. The Morgan fingerprint density at radius 1 is 0.970 bits per heavy atom. The lowest BCUT2D eigenvalue weighted by Crippen LogP contribution is -2.34. The van der Waals surface area contributed by atoms with Crippen LogP contribution >= 0.6 is 34.8 Å². The average molecular weight is 519 g/mol. The van der Waals surface area contributed by atoms with Crippen molar-refractivity contribution in [1.29, 1.82) is 0 Å². The second-order valence-electron chi connectivity index (χ2n) is 6.52. The first-order chi connectivity index (χ1) is 15.5. The molecule has 0 spiro atoms. The van der Waals surface area contributed by atoms with E-state index in [0.29, 0.717) is 0 Å². The molecule has 172 valence electrons. The van der Waals surface area contributed by atoms with Crippen molar-refractivity contribution in [3.8, 4) is 0 Å². The fraction of sp³-hybridized carbons (Fsp3) is 0.0952. The highest BCUT2D eigenvalue weighted by Gasteiger charge is 2.33. The van der Waals surface area contributed by atoms with Crippen molar-refractivity contribution in [3.05, 3.63) is 80.7 Å². The summed E-state index contributed by atoms with van der Waals surface area (Å²) in [6.45, 7) is -0.116. The molecule has 0 radical (unpaired) electrons. The fourth-order valence-electron chi connectivity index (χ4n) is 2.57. The van der Waals surface area contributed by atoms with Gasteiger partial charge in [0.25, 0.3) is 0 Å². The molecule has 0 aliphatic carbocycles. The molecule has 0 saturated carbocycles. The summed E-state index contributed by atoms with van der Waals surface area (Å²) < 4.78 is 44.2. The van der Waals surface area contributed by atoms with Gasteiger partial charge in [-0.1, -0.05) is 34.8 Å². The topological polar surface area (TPSA) is 83.7 Å². The minimum atomic E-state index is -4.61. The number of aliphatic imine (C=N–C) groups is 1. The highest BCUT2D eigenvalue weighted by molar-refractivity contribution is 6.40. The van der Waals surface area contributed by atoms with Crippen molar-refractivity contribution in [2.24, 2.45) is 4.99 Å². The van der Waals surface area contributed by atoms with Crippen molar-refractivity contribution < 1.29 is 27.2 Å². The van der Waals surface area contributed by atoms with Crippen LogP contribution in [0.25, 0.3) is 0 Å². The van der Waals surface area contributed by atoms with Gasteiger partial charge in [0.05, 0.1) is 29.0 Å². The number of furan rings is 1. The van der Waals surface area contributed by atoms with Crippen LogP contribution in [0.4, 0.5) is 24.5 Å². The van der Waals surface area contributed by atoms with Crippen LogP contribution in [0.1, 0.15) is 17.1 Å². The zero-order chi connectivity index (χ0) is 24.2. The average Bonchev–Trinajstić information content (AvgIpc) is 3.17. The van der Waals surface area contributed by atoms with E-state index in [1.54, 1.807) is 0 Å². The van der Waals surface area contributed by atoms with Crippen LogP contribution in [0.3, 0.4) is 0 Å². The number of anilines is 1. The molecule has 3 aromatic rings. The standard InChI is InChI=1S/C21H13Cl3F3N3O3/c22-11-5-12(23)7-14(6-11)30-20(32)19(31)29-10-16-3-2-15(33-16)9-28-13-1-4-18(24)17(8-13)21(25,26)27/h1-9H,10H2,(H,29,31)(H,30,32). The predicted molar refractivity (Wildman–Crippen MR) is 119 cm³/mol. The van der Waals surface area contributed by atoms with E-state index < -0.39 is 28.6 Å². The number of hydrogen-bond acceptors (Lipinski definition) is 4. The SMILES string of the molecule is O=C(NCc1ccc(C=Nc2ccc(Cl)c(C(F)(F)F)c2)o1)C(=O)Nc1cc(Cl)cc(Cl)c1. The molecule has 2 N–H and O–H groups in total. The summed E-state index contributed by atoms with van der Waals surface area (Å²) >= 11 is 17.3. The normalized spacial score (nSPS) is 11.6. The fourth-order valence-corrected chi connectivity index (χ4v) is 3.32. The van der Waals surface area contributed by atoms with Gasteiger partial charge in [-0.2, -0.15) is 13.2 Å². The molecule has 0 aliphatic rings. The first-order valence-electron chi connectivity index (χ1n) is 9.06. The molecule has 0 saturated heterocycles. The van der Waals surface area contributed by atoms with Gasteiger partial charge in [0.1, 0.15) is 11.5 Å². The van der Waals surface area contributed by atoms with Gasteiger partial charge in [-0.3, -0.25) is 14.6 Å². The second kappa shape index (κ2) is 10.3. The molecule has 1 aromatic heterocycles. The summed E-state index contributed by atoms with van der Waals surface area (Å²) in [5, 5.41) is 4.88. The van der Waals surface area contributed by atoms with Crippen molar-refractivity contribution >= 4 is 64.2 Å². The van der Waals surface area contributed by atoms with Crippen molar-refractivity contribution in [1.82, 2.24) is 5.32 Å². The quantitative estimate of drug-likeness (QED) is 0.309. The lowest BCUT2D eigenvalue weighted by atomic mass is 10.2. The van der Waals surface area contributed by atoms with Crippen molar-refractivity contribution in [2.75, 3.05) is 5.32 Å². The summed E-state index contributed by atoms with van der Waals surface area (Å²) in [4.78, 5) is 27.9. The van der Waals surface area contributed by atoms with Gasteiger partial charge in [0, 0.05) is 15.7 Å². The van der Waals surface area contributed by atoms with E-state index in [1.165, 1.54) is 42.6 Å². The maximum absolute atomic E-state index is 12.9. The maximum Gasteiger partial charge on any atom is 0.417 e. The van der Waals surface area contributed by atoms with E-state index in [9.17, 15) is 22.8 Å². The van der Waals surface area contributed by atoms with E-state index in [2.05, 4.69) is 15.6 Å². The smallest absolute Gasteiger partial charge is 0.417 e. The number of alkyl halides is 3. The molecule has 0 fully saturated rings. The summed E-state index contributed by atoms with van der Waals surface area (Å²) in [7, 11) is 0. The number of hydrogen-bond donors (Lipinski definition) is 2. The van der Waals surface area contributed by atoms with E-state index in [4.69, 9.17) is 39.2 Å². The molecule has 33 heavy (non-hydrogen) atoms. The number of benzene rings is 2. The van der Waals surface area contributed by atoms with Gasteiger partial charge in [-0.25, -0.2) is 0 Å². The Labute approximate surface area is 200 Å². The molecule has 6 nitrogen and oxygen atoms in total. The van der Waals surface area contributed by atoms with Crippen LogP contribution in [0.5, 0.6) is 0 Å². The molecule has 0 bridgehead atoms. The van der Waals surface area contributed by atoms with Crippen LogP contribution in [-0.2, 0) is 22.3 Å². The molecular weight excluding hydrogens is 506 g/mol. The Balaban J connectivity index is 1.57. The summed E-state index contributed by atoms with van der Waals surface area (Å²) in [6.07, 6.45) is -3.39. The van der Waals surface area contributed by atoms with Crippen LogP contribution < -0.4 is 10.6 Å². The minimum Gasteiger partial charge on any atom is -0.458 e. The lowest BCUT2D eigenvalue weighted by molar-refractivity contribution is -0.137. The third-order valence-corrected chi connectivity index (χ3v) is 4.79. The Morgan fingerprint density at radius 3 is 2.33 bits per heavy atom. The highest BCUT2D eigenvalue weighted by atomic mass is 35.5. The van der Waals surface area contributed by atoms with Gasteiger partial charge in [0.2, 0.25) is 0 Å². The Hall–Kier alpha value is -3.01. The van der Waals surface area contributed by atoms with Gasteiger partial charge < -0.3 is 15.1 Å². The van der Waals surface area contributed by atoms with Crippen LogP contribution in [0, 0.1) is 0 Å². The zero-order valence-electron chi connectivity index (χ0n) is 16.3. The monoisotopic (exact) mass is 517 g/mol. The number of carbonyl (C=O) groups excluding carboxylic acids is 2. The Bertz CT molecular complexity index is 1210. The van der Waals surface area contributed by atoms with Gasteiger partial charge in [0.15, 0.2) is 0 Å². The molecule has 2 amide bonds. The number of nitrogens with one attached hydrogen (secondary N) is 2. The lowest BCUT2D eigenvalue weighted by Gasteiger charge is -2.08. The molecule has 2 aromatic carbocycles. The third-order valence-electron chi connectivity index (χ3n) is 4.03. The largest absolute Gasteiger partial charge is 0.458 e. The molecule has 0 aliphatic heterocycles. The molecule has 12 heteroatoms. The van der Waals surface area contributed by atoms with Crippen molar-refractivity contribution in [3.63, 3.8) is 0 Å². The molecular formula is C21H13Cl3F3N3O3. The van der Waals surface area contributed by atoms with Crippen LogP contribution in [0.2, 0.25) is 15.1 Å². The molecule has 1 heterocycles. The molecule has 0 unspecified atom stereocenters. The summed E-state index contributed by atoms with van der Waals surface area (Å²) in [6, 6.07) is 10.6. The summed E-state index contributed by atoms with van der Waals surface area (Å²) in [5.74, 6) is -1.36. The number of nitrogens with zero attached hydrogens (tertiary/aromatic N) is 1. The molecule has 3 rings (SSSR count). The Kier molecular flexibility index (Phi) is 7.68. The number of halogens is 6. The number of amides is 2. The van der Waals surface area contributed by atoms with Crippen molar-refractivity contribution in [2.45, 2.75) is 12.7 Å². The van der Waals surface area contributed by atoms with Gasteiger partial charge in [-0.15, -0.1) is 0 Å². The van der Waals surface area contributed by atoms with E-state index >= 15 is 0 Å². The van der Waals surface area contributed by atoms with Gasteiger partial charge >= 0.3 is 18.0 Å². The Morgan fingerprint density at radius 2 is 1.67 bits per heavy atom. The maximum atomic E-state index is 12.9. The summed E-state index contributed by atoms with van der Waals surface area (Å²) in [5.41, 5.74) is -0.726. The minimum absolute atomic E-state index is 0.0239. The first-order valence-corrected chi connectivity index (χ1v) is 10.2. The van der Waals surface area contributed by atoms with E-state index in [-0.39, 0.29) is 39.5 Å². The van der Waals surface area contributed by atoms with Gasteiger partial charge in [-0.05, 0) is 48.5 Å². The highest BCUT2D eigenvalue weighted by Crippen LogP contribution is 2.36. The molecule has 0 atom stereocenters.